The third-order valence-corrected chi connectivity index (χ3v) is 8.35. The number of nitrogens with one attached hydrogen (secondary N) is 3. The van der Waals surface area contributed by atoms with Gasteiger partial charge in [0, 0.05) is 17.0 Å². The molecule has 0 aliphatic heterocycles. The molecule has 5 aromatic rings. The first-order valence-corrected chi connectivity index (χ1v) is 16.8. The molecule has 0 spiro atoms. The highest BCUT2D eigenvalue weighted by molar-refractivity contribution is 7.16. The van der Waals surface area contributed by atoms with Crippen LogP contribution in [0.1, 0.15) is 45.9 Å². The van der Waals surface area contributed by atoms with E-state index in [4.69, 9.17) is 14.6 Å². The highest BCUT2D eigenvalue weighted by Crippen LogP contribution is 2.19. The maximum Gasteiger partial charge on any atom is 0.430 e. The first-order chi connectivity index (χ1) is 25.0. The molecule has 0 bridgehead atoms. The Balaban J connectivity index is 0.000000815. The average Bonchev–Trinajstić information content (AvgIpc) is 3.60. The lowest BCUT2D eigenvalue weighted by Gasteiger charge is -2.19. The summed E-state index contributed by atoms with van der Waals surface area (Å²) in [4.78, 5) is 49.6. The number of phenolic OH excluding ortho intramolecular Hbond substituents is 1. The standard InChI is InChI=1S/C34H34FN5O5S.C2HF3O2/c1-21(2)45-32(43)25-8-12-27(13-9-25)37-33(44)38-30(16-23-6-14-29(41)15-7-23)31(42)36-17-28-20-39-18-22(3)46-34(39)40(28)19-24-4-10-26(35)11-5-24;3-2(4,5)1(6)7/h4-15,18,20-21,30H,16-17,19H2,1-3H3,(H3-,36,37,38,41,42,43,44);(H,6,7)/t30-;/m0./s1. The molecule has 17 heteroatoms. The van der Waals surface area contributed by atoms with Crippen LogP contribution < -0.4 is 25.5 Å². The monoisotopic (exact) mass is 757 g/mol. The number of carboxylic acids is 1. The minimum absolute atomic E-state index is 0.0887. The number of hydrogen-bond acceptors (Lipinski definition) is 8. The van der Waals surface area contributed by atoms with Crippen molar-refractivity contribution in [1.82, 2.24) is 15.2 Å². The van der Waals surface area contributed by atoms with E-state index in [9.17, 15) is 37.1 Å². The molecular formula is C36H35F4N5O7S. The number of rotatable bonds is 11. The number of hydrogen-bond donors (Lipinski definition) is 4. The largest absolute Gasteiger partial charge is 0.542 e. The topological polar surface area (TPSA) is 166 Å². The first-order valence-electron chi connectivity index (χ1n) is 15.9. The third-order valence-electron chi connectivity index (χ3n) is 7.31. The van der Waals surface area contributed by atoms with Gasteiger partial charge in [0.05, 0.1) is 18.2 Å². The normalized spacial score (nSPS) is 11.7. The molecule has 4 N–H and O–H groups in total. The van der Waals surface area contributed by atoms with Gasteiger partial charge in [-0.15, -0.1) is 0 Å². The zero-order chi connectivity index (χ0) is 38.9. The maximum atomic E-state index is 13.6. The Bertz CT molecular complexity index is 2050. The van der Waals surface area contributed by atoms with E-state index in [2.05, 4.69) is 20.5 Å². The van der Waals surface area contributed by atoms with E-state index in [1.54, 1.807) is 73.7 Å². The molecule has 0 fully saturated rings. The van der Waals surface area contributed by atoms with Crippen molar-refractivity contribution in [2.75, 3.05) is 5.32 Å². The second kappa shape index (κ2) is 17.5. The minimum atomic E-state index is -5.19. The van der Waals surface area contributed by atoms with Crippen molar-refractivity contribution < 1.29 is 56.1 Å². The van der Waals surface area contributed by atoms with Crippen LogP contribution >= 0.6 is 11.3 Å². The van der Waals surface area contributed by atoms with Crippen molar-refractivity contribution in [3.8, 4) is 5.75 Å². The van der Waals surface area contributed by atoms with Crippen molar-refractivity contribution in [2.45, 2.75) is 58.6 Å². The van der Waals surface area contributed by atoms with E-state index in [1.165, 1.54) is 24.3 Å². The quantitative estimate of drug-likeness (QED) is 0.0881. The number of carbonyl (C=O) groups excluding carboxylic acids is 4. The molecular weight excluding hydrogens is 722 g/mol. The van der Waals surface area contributed by atoms with Gasteiger partial charge in [0.2, 0.25) is 5.91 Å². The number of amides is 3. The molecule has 53 heavy (non-hydrogen) atoms. The van der Waals surface area contributed by atoms with Crippen LogP contribution in [0, 0.1) is 12.7 Å². The second-order valence-corrected chi connectivity index (χ2v) is 13.1. The maximum absolute atomic E-state index is 13.6. The number of fused-ring (bicyclic) bond motifs is 1. The molecule has 0 aliphatic carbocycles. The van der Waals surface area contributed by atoms with Gasteiger partial charge in [0.25, 0.3) is 0 Å². The van der Waals surface area contributed by atoms with Crippen LogP contribution in [0.3, 0.4) is 0 Å². The van der Waals surface area contributed by atoms with Crippen LogP contribution in [0.2, 0.25) is 0 Å². The van der Waals surface area contributed by atoms with Crippen LogP contribution in [0.5, 0.6) is 5.75 Å². The Labute approximate surface area is 304 Å². The fraction of sp³-hybridized carbons (Fsp3) is 0.250. The zero-order valence-electron chi connectivity index (χ0n) is 28.6. The summed E-state index contributed by atoms with van der Waals surface area (Å²) in [5.74, 6) is -4.10. The highest BCUT2D eigenvalue weighted by atomic mass is 32.1. The number of carboxylic acid groups (broad SMARTS) is 1. The molecule has 5 rings (SSSR count). The Morgan fingerprint density at radius 3 is 2.13 bits per heavy atom. The number of anilines is 1. The van der Waals surface area contributed by atoms with Crippen molar-refractivity contribution in [3.05, 3.63) is 118 Å². The molecule has 280 valence electrons. The van der Waals surface area contributed by atoms with Crippen LogP contribution in [0.15, 0.2) is 85.2 Å². The molecule has 2 heterocycles. The van der Waals surface area contributed by atoms with Gasteiger partial charge < -0.3 is 35.7 Å². The summed E-state index contributed by atoms with van der Waals surface area (Å²) in [5.41, 5.74) is 3.24. The number of thiazole rings is 1. The number of alkyl halides is 3. The fourth-order valence-electron chi connectivity index (χ4n) is 4.87. The number of nitrogens with zero attached hydrogens (tertiary/aromatic N) is 2. The van der Waals surface area contributed by atoms with E-state index < -0.39 is 36.1 Å². The Morgan fingerprint density at radius 2 is 1.55 bits per heavy atom. The van der Waals surface area contributed by atoms with Crippen molar-refractivity contribution >= 4 is 45.9 Å². The number of aromatic nitrogens is 2. The van der Waals surface area contributed by atoms with Gasteiger partial charge in [0.1, 0.15) is 42.5 Å². The van der Waals surface area contributed by atoms with Gasteiger partial charge in [-0.3, -0.25) is 4.79 Å². The van der Waals surface area contributed by atoms with Gasteiger partial charge in [0.15, 0.2) is 5.69 Å². The summed E-state index contributed by atoms with van der Waals surface area (Å²) in [6.45, 7) is 6.19. The minimum Gasteiger partial charge on any atom is -0.542 e. The van der Waals surface area contributed by atoms with E-state index in [1.807, 2.05) is 23.7 Å². The van der Waals surface area contributed by atoms with Gasteiger partial charge >= 0.3 is 23.1 Å². The first kappa shape index (κ1) is 39.8. The molecule has 12 nitrogen and oxygen atoms in total. The number of halogens is 4. The van der Waals surface area contributed by atoms with Crippen LogP contribution in [0.4, 0.5) is 28.0 Å². The summed E-state index contributed by atoms with van der Waals surface area (Å²) < 4.78 is 54.4. The van der Waals surface area contributed by atoms with Gasteiger partial charge in [-0.1, -0.05) is 35.6 Å². The number of phenols is 1. The predicted octanol–water partition coefficient (Wildman–Crippen LogP) is 4.40. The SMILES string of the molecule is Cc1c[n+]2cc(CNC(=O)[C@H](Cc3ccc(O)cc3)NC(=O)Nc3ccc(C(=O)OC(C)C)cc3)n(Cc3ccc(F)cc3)c2s1.O=C([O-])C(F)(F)F. The lowest BCUT2D eigenvalue weighted by molar-refractivity contribution is -0.506. The Hall–Kier alpha value is -5.97. The number of imidazole rings is 1. The summed E-state index contributed by atoms with van der Waals surface area (Å²) in [5, 5.41) is 26.9. The molecule has 1 atom stereocenters. The highest BCUT2D eigenvalue weighted by Gasteiger charge is 2.29. The fourth-order valence-corrected chi connectivity index (χ4v) is 5.83. The predicted molar refractivity (Wildman–Crippen MR) is 183 cm³/mol. The molecule has 0 unspecified atom stereocenters. The van der Waals surface area contributed by atoms with Crippen molar-refractivity contribution in [3.63, 3.8) is 0 Å². The van der Waals surface area contributed by atoms with E-state index >= 15 is 0 Å². The summed E-state index contributed by atoms with van der Waals surface area (Å²) in [6.07, 6.45) is -1.34. The zero-order valence-corrected chi connectivity index (χ0v) is 29.4. The van der Waals surface area contributed by atoms with E-state index in [0.717, 1.165) is 26.7 Å². The van der Waals surface area contributed by atoms with Crippen molar-refractivity contribution in [2.24, 2.45) is 0 Å². The number of aryl methyl sites for hydroxylation is 1. The number of esters is 1. The van der Waals surface area contributed by atoms with Crippen LogP contribution in [-0.4, -0.2) is 51.9 Å². The number of benzene rings is 3. The number of carbonyl (C=O) groups is 4. The van der Waals surface area contributed by atoms with E-state index in [-0.39, 0.29) is 30.6 Å². The molecule has 0 saturated carbocycles. The lowest BCUT2D eigenvalue weighted by Crippen LogP contribution is -2.49. The third kappa shape index (κ3) is 11.8. The average molecular weight is 758 g/mol. The van der Waals surface area contributed by atoms with Gasteiger partial charge in [-0.2, -0.15) is 17.6 Å². The van der Waals surface area contributed by atoms with E-state index in [0.29, 0.717) is 17.8 Å². The Morgan fingerprint density at radius 1 is 0.943 bits per heavy atom. The summed E-state index contributed by atoms with van der Waals surface area (Å²) in [7, 11) is 0. The van der Waals surface area contributed by atoms with Gasteiger partial charge in [-0.25, -0.2) is 18.5 Å². The lowest BCUT2D eigenvalue weighted by atomic mass is 10.0. The molecule has 2 aromatic heterocycles. The molecule has 0 radical (unpaired) electrons. The number of aromatic hydroxyl groups is 1. The second-order valence-electron chi connectivity index (χ2n) is 11.9. The molecule has 3 amide bonds. The van der Waals surface area contributed by atoms with Crippen molar-refractivity contribution in [1.29, 1.82) is 0 Å². The van der Waals surface area contributed by atoms with Gasteiger partial charge in [-0.05, 0) is 80.4 Å². The smallest absolute Gasteiger partial charge is 0.430 e. The Kier molecular flexibility index (Phi) is 13.1. The summed E-state index contributed by atoms with van der Waals surface area (Å²) in [6, 6.07) is 17.4. The number of urea groups is 1. The number of aliphatic carboxylic acids is 1. The summed E-state index contributed by atoms with van der Waals surface area (Å²) >= 11 is 1.61. The number of ether oxygens (including phenoxy) is 1. The molecule has 0 saturated heterocycles. The van der Waals surface area contributed by atoms with Crippen LogP contribution in [0.25, 0.3) is 4.96 Å². The van der Waals surface area contributed by atoms with Crippen LogP contribution in [-0.2, 0) is 33.8 Å². The molecule has 3 aromatic carbocycles. The molecule has 0 aliphatic rings.